The number of aromatic nitrogens is 2. The quantitative estimate of drug-likeness (QED) is 0.681. The van der Waals surface area contributed by atoms with Crippen molar-refractivity contribution in [3.63, 3.8) is 0 Å². The Morgan fingerprint density at radius 1 is 1.17 bits per heavy atom. The van der Waals surface area contributed by atoms with Gasteiger partial charge in [0.05, 0.1) is 25.6 Å². The molecule has 0 radical (unpaired) electrons. The number of aryl methyl sites for hydroxylation is 1. The minimum atomic E-state index is -0.496. The molecule has 2 atom stereocenters. The Morgan fingerprint density at radius 2 is 1.92 bits per heavy atom. The third kappa shape index (κ3) is 3.85. The molecule has 8 nitrogen and oxygen atoms in total. The van der Waals surface area contributed by atoms with Gasteiger partial charge in [-0.05, 0) is 6.92 Å². The topological polar surface area (TPSA) is 91.8 Å². The van der Waals surface area contributed by atoms with Crippen molar-refractivity contribution < 1.29 is 18.9 Å². The van der Waals surface area contributed by atoms with Gasteiger partial charge in [-0.3, -0.25) is 14.3 Å². The summed E-state index contributed by atoms with van der Waals surface area (Å²) >= 11 is 1.47. The molecule has 134 valence electrons. The first-order valence-corrected chi connectivity index (χ1v) is 8.34. The number of hydrogen-bond acceptors (Lipinski definition) is 7. The molecule has 0 fully saturated rings. The Labute approximate surface area is 143 Å². The Balaban J connectivity index is 2.43. The van der Waals surface area contributed by atoms with Crippen LogP contribution in [0.5, 0.6) is 0 Å². The summed E-state index contributed by atoms with van der Waals surface area (Å²) in [6, 6.07) is 0. The molecule has 1 aromatic rings. The van der Waals surface area contributed by atoms with Gasteiger partial charge < -0.3 is 18.9 Å². The van der Waals surface area contributed by atoms with Gasteiger partial charge in [-0.2, -0.15) is 0 Å². The zero-order valence-electron chi connectivity index (χ0n) is 14.2. The second-order valence-corrected chi connectivity index (χ2v) is 6.47. The number of ether oxygens (including phenoxy) is 4. The average Bonchev–Trinajstić information content (AvgIpc) is 2.89. The molecule has 9 heteroatoms. The largest absolute Gasteiger partial charge is 0.496 e. The van der Waals surface area contributed by atoms with E-state index in [9.17, 15) is 9.59 Å². The molecular weight excluding hydrogens is 336 g/mol. The van der Waals surface area contributed by atoms with Crippen molar-refractivity contribution in [2.24, 2.45) is 0 Å². The number of methoxy groups -OCH3 is 3. The lowest BCUT2D eigenvalue weighted by molar-refractivity contribution is 0.0925. The van der Waals surface area contributed by atoms with Crippen molar-refractivity contribution in [2.75, 3.05) is 41.2 Å². The third-order valence-electron chi connectivity index (χ3n) is 3.53. The summed E-state index contributed by atoms with van der Waals surface area (Å²) in [5.74, 6) is 1.16. The average molecular weight is 358 g/mol. The molecule has 1 aliphatic rings. The van der Waals surface area contributed by atoms with E-state index < -0.39 is 16.6 Å². The smallest absolute Gasteiger partial charge is 0.329 e. The second kappa shape index (κ2) is 8.41. The van der Waals surface area contributed by atoms with Gasteiger partial charge >= 0.3 is 5.69 Å². The van der Waals surface area contributed by atoms with Crippen LogP contribution in [-0.2, 0) is 18.9 Å². The van der Waals surface area contributed by atoms with Gasteiger partial charge in [-0.1, -0.05) is 0 Å². The highest BCUT2D eigenvalue weighted by molar-refractivity contribution is 8.00. The predicted molar refractivity (Wildman–Crippen MR) is 90.2 cm³/mol. The Bertz CT molecular complexity index is 711. The fourth-order valence-electron chi connectivity index (χ4n) is 2.39. The Morgan fingerprint density at radius 3 is 2.54 bits per heavy atom. The molecule has 1 aliphatic heterocycles. The van der Waals surface area contributed by atoms with Gasteiger partial charge in [0, 0.05) is 26.0 Å². The molecule has 24 heavy (non-hydrogen) atoms. The molecule has 0 aromatic carbocycles. The molecule has 0 unspecified atom stereocenters. The van der Waals surface area contributed by atoms with E-state index in [1.807, 2.05) is 0 Å². The monoisotopic (exact) mass is 358 g/mol. The van der Waals surface area contributed by atoms with Crippen LogP contribution in [0.2, 0.25) is 0 Å². The van der Waals surface area contributed by atoms with Crippen LogP contribution >= 0.6 is 11.8 Å². The minimum Gasteiger partial charge on any atom is -0.496 e. The molecule has 2 rings (SSSR count). The summed E-state index contributed by atoms with van der Waals surface area (Å²) in [6.45, 7) is 2.80. The van der Waals surface area contributed by atoms with E-state index >= 15 is 0 Å². The standard InChI is InChI=1S/C15H22N2O6S/c1-9-7-17(15(19)16-13(9)18)14-12(23-6-5-20-2)11(22-4)10(24-14)8-21-3/h7,10,14H,5-6,8H2,1-4H3,(H,16,18,19)/t10-,14-/m1/s1. The van der Waals surface area contributed by atoms with Gasteiger partial charge in [0.15, 0.2) is 11.5 Å². The first-order valence-electron chi connectivity index (χ1n) is 7.39. The zero-order valence-corrected chi connectivity index (χ0v) is 15.0. The fourth-order valence-corrected chi connectivity index (χ4v) is 3.84. The van der Waals surface area contributed by atoms with Gasteiger partial charge in [-0.15, -0.1) is 11.8 Å². The van der Waals surface area contributed by atoms with E-state index in [2.05, 4.69) is 4.98 Å². The zero-order chi connectivity index (χ0) is 17.7. The highest BCUT2D eigenvalue weighted by Crippen LogP contribution is 2.46. The molecule has 1 aromatic heterocycles. The number of H-pyrrole nitrogens is 1. The van der Waals surface area contributed by atoms with Crippen LogP contribution < -0.4 is 11.2 Å². The summed E-state index contributed by atoms with van der Waals surface area (Å²) in [5, 5.41) is -0.554. The molecule has 2 heterocycles. The molecule has 0 saturated carbocycles. The number of thioether (sulfide) groups is 1. The van der Waals surface area contributed by atoms with Crippen molar-refractivity contribution in [3.8, 4) is 0 Å². The summed E-state index contributed by atoms with van der Waals surface area (Å²) in [6.07, 6.45) is 1.53. The summed E-state index contributed by atoms with van der Waals surface area (Å²) in [7, 11) is 4.74. The maximum absolute atomic E-state index is 12.2. The molecule has 0 aliphatic carbocycles. The maximum atomic E-state index is 12.2. The number of rotatable bonds is 8. The molecule has 0 saturated heterocycles. The van der Waals surface area contributed by atoms with E-state index in [1.54, 1.807) is 28.3 Å². The van der Waals surface area contributed by atoms with Gasteiger partial charge in [-0.25, -0.2) is 4.79 Å². The minimum absolute atomic E-state index is 0.110. The van der Waals surface area contributed by atoms with E-state index in [-0.39, 0.29) is 5.25 Å². The van der Waals surface area contributed by atoms with Crippen molar-refractivity contribution in [1.29, 1.82) is 0 Å². The van der Waals surface area contributed by atoms with Gasteiger partial charge in [0.2, 0.25) is 0 Å². The first-order chi connectivity index (χ1) is 11.5. The van der Waals surface area contributed by atoms with Crippen LogP contribution in [0, 0.1) is 6.92 Å². The SMILES string of the molecule is COCCOC1=C(OC)[C@@H](COC)S[C@H]1n1cc(C)c(=O)[nH]c1=O. The molecule has 0 bridgehead atoms. The van der Waals surface area contributed by atoms with Crippen LogP contribution in [0.15, 0.2) is 27.3 Å². The lowest BCUT2D eigenvalue weighted by Crippen LogP contribution is -2.33. The summed E-state index contributed by atoms with van der Waals surface area (Å²) < 4.78 is 23.0. The van der Waals surface area contributed by atoms with Crippen molar-refractivity contribution in [2.45, 2.75) is 17.5 Å². The molecule has 1 N–H and O–H groups in total. The fraction of sp³-hybridized carbons (Fsp3) is 0.600. The highest BCUT2D eigenvalue weighted by Gasteiger charge is 2.39. The van der Waals surface area contributed by atoms with Crippen molar-refractivity contribution in [3.05, 3.63) is 44.1 Å². The van der Waals surface area contributed by atoms with Crippen molar-refractivity contribution in [1.82, 2.24) is 9.55 Å². The maximum Gasteiger partial charge on any atom is 0.329 e. The molecule has 0 spiro atoms. The second-order valence-electron chi connectivity index (χ2n) is 5.18. The third-order valence-corrected chi connectivity index (χ3v) is 4.91. The van der Waals surface area contributed by atoms with E-state index in [1.165, 1.54) is 22.5 Å². The van der Waals surface area contributed by atoms with Crippen LogP contribution in [0.25, 0.3) is 0 Å². The number of nitrogens with zero attached hydrogens (tertiary/aromatic N) is 1. The predicted octanol–water partition coefficient (Wildman–Crippen LogP) is 0.626. The first kappa shape index (κ1) is 18.6. The van der Waals surface area contributed by atoms with Gasteiger partial charge in [0.25, 0.3) is 5.56 Å². The molecular formula is C15H22N2O6S. The summed E-state index contributed by atoms with van der Waals surface area (Å²) in [4.78, 5) is 26.2. The van der Waals surface area contributed by atoms with E-state index in [0.717, 1.165) is 0 Å². The molecule has 0 amide bonds. The number of aromatic amines is 1. The van der Waals surface area contributed by atoms with Crippen LogP contribution in [0.3, 0.4) is 0 Å². The Hall–Kier alpha value is -1.71. The number of hydrogen-bond donors (Lipinski definition) is 1. The highest BCUT2D eigenvalue weighted by atomic mass is 32.2. The van der Waals surface area contributed by atoms with Crippen LogP contribution in [-0.4, -0.2) is 56.0 Å². The van der Waals surface area contributed by atoms with E-state index in [4.69, 9.17) is 18.9 Å². The lowest BCUT2D eigenvalue weighted by Gasteiger charge is -2.18. The van der Waals surface area contributed by atoms with E-state index in [0.29, 0.717) is 36.9 Å². The van der Waals surface area contributed by atoms with Crippen LogP contribution in [0.1, 0.15) is 10.9 Å². The lowest BCUT2D eigenvalue weighted by atomic mass is 10.3. The van der Waals surface area contributed by atoms with Crippen LogP contribution in [0.4, 0.5) is 0 Å². The number of nitrogens with one attached hydrogen (secondary N) is 1. The summed E-state index contributed by atoms with van der Waals surface area (Å²) in [5.41, 5.74) is -0.449. The van der Waals surface area contributed by atoms with Gasteiger partial charge in [0.1, 0.15) is 12.0 Å². The normalized spacial score (nSPS) is 20.5. The van der Waals surface area contributed by atoms with Crippen molar-refractivity contribution >= 4 is 11.8 Å². The Kier molecular flexibility index (Phi) is 6.52.